The minimum Gasteiger partial charge on any atom is -0.264 e. The molecule has 0 saturated carbocycles. The highest BCUT2D eigenvalue weighted by Crippen LogP contribution is 2.29. The second kappa shape index (κ2) is 9.59. The molecule has 160 valence electrons. The predicted molar refractivity (Wildman–Crippen MR) is 119 cm³/mol. The number of aromatic nitrogens is 8. The van der Waals surface area contributed by atoms with Gasteiger partial charge < -0.3 is 0 Å². The highest BCUT2D eigenvalue weighted by molar-refractivity contribution is 5.79. The van der Waals surface area contributed by atoms with Crippen LogP contribution in [0.25, 0.3) is 22.5 Å². The Bertz CT molecular complexity index is 1100. The lowest BCUT2D eigenvalue weighted by molar-refractivity contribution is 0.592. The molecule has 4 rings (SSSR count). The summed E-state index contributed by atoms with van der Waals surface area (Å²) in [7, 11) is 0. The zero-order chi connectivity index (χ0) is 21.6. The number of benzene rings is 1. The van der Waals surface area contributed by atoms with Crippen LogP contribution in [0.4, 0.5) is 0 Å². The van der Waals surface area contributed by atoms with Gasteiger partial charge >= 0.3 is 0 Å². The number of aryl methyl sites for hydroxylation is 1. The number of tetrazole rings is 1. The third kappa shape index (κ3) is 5.02. The van der Waals surface area contributed by atoms with Gasteiger partial charge in [0.1, 0.15) is 5.82 Å². The van der Waals surface area contributed by atoms with Crippen molar-refractivity contribution in [1.29, 1.82) is 0 Å². The Morgan fingerprint density at radius 3 is 2.61 bits per heavy atom. The summed E-state index contributed by atoms with van der Waals surface area (Å²) in [4.78, 5) is 9.09. The maximum Gasteiger partial charge on any atom is 0.205 e. The third-order valence-corrected chi connectivity index (χ3v) is 5.14. The molecule has 0 aliphatic rings. The van der Waals surface area contributed by atoms with Crippen molar-refractivity contribution in [2.24, 2.45) is 5.92 Å². The lowest BCUT2D eigenvalue weighted by Gasteiger charge is -2.09. The Balaban J connectivity index is 1.57. The van der Waals surface area contributed by atoms with Gasteiger partial charge in [-0.15, -0.1) is 10.2 Å². The molecule has 31 heavy (non-hydrogen) atoms. The van der Waals surface area contributed by atoms with Crippen LogP contribution in [0.2, 0.25) is 0 Å². The van der Waals surface area contributed by atoms with E-state index in [4.69, 9.17) is 10.1 Å². The molecule has 3 heterocycles. The van der Waals surface area contributed by atoms with Gasteiger partial charge in [-0.25, -0.2) is 9.67 Å². The van der Waals surface area contributed by atoms with Gasteiger partial charge in [-0.1, -0.05) is 51.5 Å². The van der Waals surface area contributed by atoms with Crippen molar-refractivity contribution in [3.8, 4) is 22.5 Å². The largest absolute Gasteiger partial charge is 0.264 e. The quantitative estimate of drug-likeness (QED) is 0.441. The lowest BCUT2D eigenvalue weighted by atomic mass is 10.0. The highest BCUT2D eigenvalue weighted by atomic mass is 15.5. The van der Waals surface area contributed by atoms with E-state index >= 15 is 0 Å². The predicted octanol–water partition coefficient (Wildman–Crippen LogP) is 4.11. The van der Waals surface area contributed by atoms with Crippen LogP contribution in [0.15, 0.2) is 42.7 Å². The number of hydrogen-bond donors (Lipinski definition) is 1. The van der Waals surface area contributed by atoms with Crippen molar-refractivity contribution < 1.29 is 0 Å². The summed E-state index contributed by atoms with van der Waals surface area (Å²) in [6.45, 7) is 7.32. The molecule has 0 aliphatic carbocycles. The number of nitrogens with one attached hydrogen (secondary N) is 1. The molecule has 0 unspecified atom stereocenters. The summed E-state index contributed by atoms with van der Waals surface area (Å²) in [5.41, 5.74) is 4.11. The number of rotatable bonds is 9. The van der Waals surface area contributed by atoms with E-state index in [0.717, 1.165) is 60.6 Å². The molecule has 3 aromatic heterocycles. The van der Waals surface area contributed by atoms with Gasteiger partial charge in [0.05, 0.1) is 6.54 Å². The van der Waals surface area contributed by atoms with E-state index in [2.05, 4.69) is 75.3 Å². The number of hydrogen-bond acceptors (Lipinski definition) is 6. The Morgan fingerprint density at radius 1 is 1.06 bits per heavy atom. The van der Waals surface area contributed by atoms with Crippen molar-refractivity contribution in [2.45, 2.75) is 53.0 Å². The van der Waals surface area contributed by atoms with E-state index in [9.17, 15) is 0 Å². The average molecular weight is 417 g/mol. The van der Waals surface area contributed by atoms with Crippen molar-refractivity contribution >= 4 is 0 Å². The average Bonchev–Trinajstić information content (AvgIpc) is 3.43. The maximum atomic E-state index is 4.81. The van der Waals surface area contributed by atoms with E-state index in [-0.39, 0.29) is 0 Å². The molecule has 0 spiro atoms. The molecule has 8 nitrogen and oxygen atoms in total. The maximum absolute atomic E-state index is 4.81. The molecule has 0 amide bonds. The first-order valence-corrected chi connectivity index (χ1v) is 10.8. The van der Waals surface area contributed by atoms with Crippen LogP contribution in [0, 0.1) is 5.92 Å². The normalized spacial score (nSPS) is 11.4. The molecule has 0 saturated heterocycles. The summed E-state index contributed by atoms with van der Waals surface area (Å²) >= 11 is 0. The first-order chi connectivity index (χ1) is 15.1. The van der Waals surface area contributed by atoms with Gasteiger partial charge in [-0.05, 0) is 34.7 Å². The fraction of sp³-hybridized carbons (Fsp3) is 0.391. The monoisotopic (exact) mass is 416 g/mol. The van der Waals surface area contributed by atoms with Crippen LogP contribution >= 0.6 is 0 Å². The summed E-state index contributed by atoms with van der Waals surface area (Å²) in [5, 5.41) is 19.2. The topological polar surface area (TPSA) is 98.1 Å². The van der Waals surface area contributed by atoms with E-state index < -0.39 is 0 Å². The second-order valence-electron chi connectivity index (χ2n) is 8.16. The highest BCUT2D eigenvalue weighted by Gasteiger charge is 2.13. The van der Waals surface area contributed by atoms with Crippen LogP contribution in [-0.2, 0) is 19.4 Å². The Hall–Kier alpha value is -3.42. The zero-order valence-corrected chi connectivity index (χ0v) is 18.3. The van der Waals surface area contributed by atoms with Crippen molar-refractivity contribution in [2.75, 3.05) is 0 Å². The summed E-state index contributed by atoms with van der Waals surface area (Å²) in [5.74, 6) is 3.12. The molecule has 4 aromatic rings. The van der Waals surface area contributed by atoms with E-state index in [0.29, 0.717) is 11.7 Å². The van der Waals surface area contributed by atoms with Gasteiger partial charge in [0.15, 0.2) is 5.82 Å². The standard InChI is InChI=1S/C23H28N8/c1-4-5-6-22-25-21(13-16(2)3)28-31(22)15-17-7-9-18(10-8-17)20-14-24-12-11-19(20)23-26-29-30-27-23/h7-12,14,16H,4-6,13,15H2,1-3H3,(H,26,27,29,30). The minimum absolute atomic E-state index is 0.544. The van der Waals surface area contributed by atoms with Gasteiger partial charge in [-0.3, -0.25) is 4.98 Å². The first kappa shape index (κ1) is 20.8. The number of unbranched alkanes of at least 4 members (excludes halogenated alkanes) is 1. The number of H-pyrrole nitrogens is 1. The molecule has 0 bridgehead atoms. The van der Waals surface area contributed by atoms with Crippen molar-refractivity contribution in [1.82, 2.24) is 40.4 Å². The molecule has 0 atom stereocenters. The smallest absolute Gasteiger partial charge is 0.205 e. The molecule has 0 aliphatic heterocycles. The number of pyridine rings is 1. The van der Waals surface area contributed by atoms with Crippen LogP contribution in [0.1, 0.15) is 50.8 Å². The molecule has 1 aromatic carbocycles. The van der Waals surface area contributed by atoms with Crippen molar-refractivity contribution in [3.05, 3.63) is 59.9 Å². The molecule has 1 N–H and O–H groups in total. The Morgan fingerprint density at radius 2 is 1.90 bits per heavy atom. The van der Waals surface area contributed by atoms with E-state index in [1.165, 1.54) is 5.56 Å². The van der Waals surface area contributed by atoms with E-state index in [1.807, 2.05) is 12.3 Å². The number of nitrogens with zero attached hydrogens (tertiary/aromatic N) is 7. The van der Waals surface area contributed by atoms with Gasteiger partial charge in [0.2, 0.25) is 5.82 Å². The molecular formula is C23H28N8. The molecular weight excluding hydrogens is 388 g/mol. The number of aromatic amines is 1. The van der Waals surface area contributed by atoms with Crippen LogP contribution in [-0.4, -0.2) is 40.4 Å². The Labute approximate surface area is 182 Å². The first-order valence-electron chi connectivity index (χ1n) is 10.8. The molecule has 0 fully saturated rings. The van der Waals surface area contributed by atoms with Crippen LogP contribution in [0.5, 0.6) is 0 Å². The summed E-state index contributed by atoms with van der Waals surface area (Å²) in [6, 6.07) is 10.4. The van der Waals surface area contributed by atoms with Gasteiger partial charge in [-0.2, -0.15) is 10.3 Å². The zero-order valence-electron chi connectivity index (χ0n) is 18.3. The molecule has 0 radical (unpaired) electrons. The SMILES string of the molecule is CCCCc1nc(CC(C)C)nn1Cc1ccc(-c2cnccc2-c2nn[nH]n2)cc1. The van der Waals surface area contributed by atoms with Crippen LogP contribution < -0.4 is 0 Å². The fourth-order valence-corrected chi connectivity index (χ4v) is 3.58. The third-order valence-electron chi connectivity index (χ3n) is 5.14. The second-order valence-corrected chi connectivity index (χ2v) is 8.16. The minimum atomic E-state index is 0.544. The van der Waals surface area contributed by atoms with Gasteiger partial charge in [0.25, 0.3) is 0 Å². The van der Waals surface area contributed by atoms with Crippen molar-refractivity contribution in [3.63, 3.8) is 0 Å². The van der Waals surface area contributed by atoms with Crippen LogP contribution in [0.3, 0.4) is 0 Å². The fourth-order valence-electron chi connectivity index (χ4n) is 3.58. The van der Waals surface area contributed by atoms with E-state index in [1.54, 1.807) is 6.20 Å². The lowest BCUT2D eigenvalue weighted by Crippen LogP contribution is -2.07. The summed E-state index contributed by atoms with van der Waals surface area (Å²) < 4.78 is 2.07. The summed E-state index contributed by atoms with van der Waals surface area (Å²) in [6.07, 6.45) is 7.71. The van der Waals surface area contributed by atoms with Gasteiger partial charge in [0, 0.05) is 36.4 Å². The Kier molecular flexibility index (Phi) is 6.45. The molecule has 8 heteroatoms.